The van der Waals surface area contributed by atoms with Crippen molar-refractivity contribution < 1.29 is 22.4 Å². The van der Waals surface area contributed by atoms with E-state index in [2.05, 4.69) is 0 Å². The standard InChI is InChI=1S/C12H17F4NO/c13-9-4-7-17(8-9)10(18)11(12(14,15)16)5-2-1-3-6-11/h9H,1-8H2/t9-/m1/s1. The second-order valence-electron chi connectivity index (χ2n) is 5.28. The number of carbonyl (C=O) groups is 1. The summed E-state index contributed by atoms with van der Waals surface area (Å²) >= 11 is 0. The van der Waals surface area contributed by atoms with Gasteiger partial charge in [0.15, 0.2) is 0 Å². The first-order chi connectivity index (χ1) is 8.37. The molecule has 2 aliphatic rings. The van der Waals surface area contributed by atoms with Crippen molar-refractivity contribution in [3.05, 3.63) is 0 Å². The zero-order valence-corrected chi connectivity index (χ0v) is 10.1. The molecule has 1 atom stereocenters. The van der Waals surface area contributed by atoms with Crippen LogP contribution >= 0.6 is 0 Å². The summed E-state index contributed by atoms with van der Waals surface area (Å²) in [6.45, 7) is -0.0749. The molecular weight excluding hydrogens is 250 g/mol. The maximum absolute atomic E-state index is 13.3. The molecule has 1 saturated heterocycles. The first-order valence-electron chi connectivity index (χ1n) is 6.37. The van der Waals surface area contributed by atoms with Gasteiger partial charge in [0.25, 0.3) is 0 Å². The fourth-order valence-corrected chi connectivity index (χ4v) is 2.98. The molecule has 0 aromatic heterocycles. The van der Waals surface area contributed by atoms with Crippen molar-refractivity contribution in [2.45, 2.75) is 50.9 Å². The second-order valence-corrected chi connectivity index (χ2v) is 5.28. The highest BCUT2D eigenvalue weighted by Crippen LogP contribution is 2.50. The minimum Gasteiger partial charge on any atom is -0.339 e. The van der Waals surface area contributed by atoms with Crippen LogP contribution in [0.1, 0.15) is 38.5 Å². The molecule has 0 spiro atoms. The van der Waals surface area contributed by atoms with E-state index in [0.717, 1.165) is 11.3 Å². The SMILES string of the molecule is O=C(N1CC[C@@H](F)C1)C1(C(F)(F)F)CCCCC1. The van der Waals surface area contributed by atoms with Gasteiger partial charge in [0.2, 0.25) is 5.91 Å². The van der Waals surface area contributed by atoms with Gasteiger partial charge in [0.1, 0.15) is 11.6 Å². The fraction of sp³-hybridized carbons (Fsp3) is 0.917. The van der Waals surface area contributed by atoms with Gasteiger partial charge in [-0.25, -0.2) is 4.39 Å². The number of carbonyl (C=O) groups excluding carboxylic acids is 1. The summed E-state index contributed by atoms with van der Waals surface area (Å²) in [6, 6.07) is 0. The summed E-state index contributed by atoms with van der Waals surface area (Å²) < 4.78 is 52.8. The highest BCUT2D eigenvalue weighted by Gasteiger charge is 2.61. The van der Waals surface area contributed by atoms with Gasteiger partial charge in [0, 0.05) is 6.54 Å². The third-order valence-corrected chi connectivity index (χ3v) is 4.08. The molecule has 0 bridgehead atoms. The first kappa shape index (κ1) is 13.6. The lowest BCUT2D eigenvalue weighted by Gasteiger charge is -2.39. The van der Waals surface area contributed by atoms with Crippen molar-refractivity contribution in [2.24, 2.45) is 5.41 Å². The van der Waals surface area contributed by atoms with E-state index in [9.17, 15) is 22.4 Å². The smallest absolute Gasteiger partial charge is 0.339 e. The highest BCUT2D eigenvalue weighted by molar-refractivity contribution is 5.84. The minimum absolute atomic E-state index is 0.109. The Labute approximate surface area is 103 Å². The first-order valence-corrected chi connectivity index (χ1v) is 6.37. The van der Waals surface area contributed by atoms with E-state index >= 15 is 0 Å². The lowest BCUT2D eigenvalue weighted by atomic mass is 9.72. The summed E-state index contributed by atoms with van der Waals surface area (Å²) in [6.07, 6.45) is -4.29. The maximum Gasteiger partial charge on any atom is 0.403 e. The van der Waals surface area contributed by atoms with E-state index in [1.807, 2.05) is 0 Å². The zero-order valence-electron chi connectivity index (χ0n) is 10.1. The minimum atomic E-state index is -4.53. The molecule has 18 heavy (non-hydrogen) atoms. The van der Waals surface area contributed by atoms with Gasteiger partial charge in [-0.2, -0.15) is 13.2 Å². The van der Waals surface area contributed by atoms with Crippen molar-refractivity contribution in [1.82, 2.24) is 4.90 Å². The number of halogens is 4. The Balaban J connectivity index is 2.21. The van der Waals surface area contributed by atoms with Crippen molar-refractivity contribution in [3.63, 3.8) is 0 Å². The van der Waals surface area contributed by atoms with Crippen LogP contribution in [0.3, 0.4) is 0 Å². The van der Waals surface area contributed by atoms with Gasteiger partial charge in [-0.05, 0) is 19.3 Å². The summed E-state index contributed by atoms with van der Waals surface area (Å²) in [5.74, 6) is -0.908. The number of rotatable bonds is 1. The normalized spacial score (nSPS) is 28.4. The predicted molar refractivity (Wildman–Crippen MR) is 57.7 cm³/mol. The summed E-state index contributed by atoms with van der Waals surface area (Å²) in [7, 11) is 0. The van der Waals surface area contributed by atoms with Crippen LogP contribution in [0.25, 0.3) is 0 Å². The van der Waals surface area contributed by atoms with Crippen LogP contribution < -0.4 is 0 Å². The number of amides is 1. The van der Waals surface area contributed by atoms with Crippen LogP contribution in [0.15, 0.2) is 0 Å². The molecule has 2 rings (SSSR count). The molecule has 1 amide bonds. The summed E-state index contributed by atoms with van der Waals surface area (Å²) in [5, 5.41) is 0. The Morgan fingerprint density at radius 1 is 1.17 bits per heavy atom. The number of hydrogen-bond donors (Lipinski definition) is 0. The lowest BCUT2D eigenvalue weighted by Crippen LogP contribution is -2.52. The average Bonchev–Trinajstić information content (AvgIpc) is 2.74. The third kappa shape index (κ3) is 2.21. The molecule has 0 unspecified atom stereocenters. The molecule has 2 nitrogen and oxygen atoms in total. The van der Waals surface area contributed by atoms with E-state index in [-0.39, 0.29) is 32.4 Å². The summed E-state index contributed by atoms with van der Waals surface area (Å²) in [4.78, 5) is 13.2. The monoisotopic (exact) mass is 267 g/mol. The van der Waals surface area contributed by atoms with Crippen molar-refractivity contribution in [2.75, 3.05) is 13.1 Å². The van der Waals surface area contributed by atoms with Crippen LogP contribution in [0.2, 0.25) is 0 Å². The highest BCUT2D eigenvalue weighted by atomic mass is 19.4. The van der Waals surface area contributed by atoms with E-state index < -0.39 is 23.7 Å². The molecule has 6 heteroatoms. The molecule has 1 saturated carbocycles. The van der Waals surface area contributed by atoms with Gasteiger partial charge >= 0.3 is 6.18 Å². The Hall–Kier alpha value is -0.810. The Kier molecular flexibility index (Phi) is 3.56. The second kappa shape index (κ2) is 4.70. The van der Waals surface area contributed by atoms with Crippen LogP contribution in [0, 0.1) is 5.41 Å². The van der Waals surface area contributed by atoms with E-state index in [1.165, 1.54) is 0 Å². The molecule has 104 valence electrons. The number of likely N-dealkylation sites (tertiary alicyclic amines) is 1. The molecule has 0 aromatic carbocycles. The van der Waals surface area contributed by atoms with Crippen molar-refractivity contribution in [3.8, 4) is 0 Å². The summed E-state index contributed by atoms with van der Waals surface area (Å²) in [5.41, 5.74) is -2.25. The lowest BCUT2D eigenvalue weighted by molar-refractivity contribution is -0.235. The molecule has 0 radical (unpaired) electrons. The van der Waals surface area contributed by atoms with Crippen LogP contribution in [-0.4, -0.2) is 36.2 Å². The van der Waals surface area contributed by atoms with Crippen LogP contribution in [-0.2, 0) is 4.79 Å². The topological polar surface area (TPSA) is 20.3 Å². The number of hydrogen-bond acceptors (Lipinski definition) is 1. The van der Waals surface area contributed by atoms with E-state index in [0.29, 0.717) is 12.8 Å². The van der Waals surface area contributed by atoms with Crippen LogP contribution in [0.5, 0.6) is 0 Å². The Morgan fingerprint density at radius 3 is 2.22 bits per heavy atom. The molecule has 1 aliphatic heterocycles. The zero-order chi connectivity index (χ0) is 13.4. The molecule has 0 N–H and O–H groups in total. The van der Waals surface area contributed by atoms with Crippen molar-refractivity contribution in [1.29, 1.82) is 0 Å². The maximum atomic E-state index is 13.3. The quantitative estimate of drug-likeness (QED) is 0.669. The number of nitrogens with zero attached hydrogens (tertiary/aromatic N) is 1. The predicted octanol–water partition coefficient (Wildman–Crippen LogP) is 3.07. The van der Waals surface area contributed by atoms with Gasteiger partial charge < -0.3 is 4.90 Å². The van der Waals surface area contributed by atoms with Gasteiger partial charge in [-0.1, -0.05) is 19.3 Å². The Bertz CT molecular complexity index is 323. The average molecular weight is 267 g/mol. The molecular formula is C12H17F4NO. The Morgan fingerprint density at radius 2 is 1.78 bits per heavy atom. The molecule has 1 aliphatic carbocycles. The van der Waals surface area contributed by atoms with Crippen LogP contribution in [0.4, 0.5) is 17.6 Å². The largest absolute Gasteiger partial charge is 0.403 e. The van der Waals surface area contributed by atoms with Gasteiger partial charge in [-0.3, -0.25) is 4.79 Å². The third-order valence-electron chi connectivity index (χ3n) is 4.08. The number of alkyl halides is 4. The fourth-order valence-electron chi connectivity index (χ4n) is 2.98. The van der Waals surface area contributed by atoms with Gasteiger partial charge in [-0.15, -0.1) is 0 Å². The molecule has 1 heterocycles. The van der Waals surface area contributed by atoms with E-state index in [1.54, 1.807) is 0 Å². The molecule has 2 fully saturated rings. The van der Waals surface area contributed by atoms with E-state index in [4.69, 9.17) is 0 Å². The molecule has 0 aromatic rings. The van der Waals surface area contributed by atoms with Gasteiger partial charge in [0.05, 0.1) is 6.54 Å². The van der Waals surface area contributed by atoms with Crippen molar-refractivity contribution >= 4 is 5.91 Å².